The van der Waals surface area contributed by atoms with E-state index in [1.54, 1.807) is 0 Å². The summed E-state index contributed by atoms with van der Waals surface area (Å²) >= 11 is 0. The minimum Gasteiger partial charge on any atom is -0.329 e. The molecule has 2 heterocycles. The molecule has 3 rings (SSSR count). The average molecular weight is 217 g/mol. The molecule has 0 radical (unpaired) electrons. The molecule has 0 aromatic carbocycles. The fraction of sp³-hybridized carbons (Fsp3) is 0.615. The first-order valence-electron chi connectivity index (χ1n) is 6.32. The first-order chi connectivity index (χ1) is 7.75. The first kappa shape index (κ1) is 9.94. The van der Waals surface area contributed by atoms with Crippen molar-refractivity contribution >= 4 is 5.65 Å². The lowest BCUT2D eigenvalue weighted by atomic mass is 10.1. The van der Waals surface area contributed by atoms with Crippen molar-refractivity contribution in [1.82, 2.24) is 14.2 Å². The van der Waals surface area contributed by atoms with Crippen molar-refractivity contribution in [2.24, 2.45) is 0 Å². The Morgan fingerprint density at radius 3 is 2.69 bits per heavy atom. The van der Waals surface area contributed by atoms with Gasteiger partial charge in [-0.15, -0.1) is 0 Å². The van der Waals surface area contributed by atoms with Crippen molar-refractivity contribution in [3.05, 3.63) is 24.2 Å². The van der Waals surface area contributed by atoms with Crippen molar-refractivity contribution in [1.29, 1.82) is 0 Å². The van der Waals surface area contributed by atoms with E-state index in [2.05, 4.69) is 36.9 Å². The fourth-order valence-electron chi connectivity index (χ4n) is 2.77. The van der Waals surface area contributed by atoms with E-state index in [0.717, 1.165) is 0 Å². The average Bonchev–Trinajstić information content (AvgIpc) is 2.92. The van der Waals surface area contributed by atoms with Crippen molar-refractivity contribution in [3.63, 3.8) is 0 Å². The molecular formula is C13H19N3. The highest BCUT2D eigenvalue weighted by Gasteiger charge is 2.20. The molecule has 0 spiro atoms. The molecule has 16 heavy (non-hydrogen) atoms. The Balaban J connectivity index is 2.02. The molecule has 1 aliphatic carbocycles. The van der Waals surface area contributed by atoms with E-state index in [1.807, 2.05) is 4.52 Å². The second-order valence-electron chi connectivity index (χ2n) is 5.15. The van der Waals surface area contributed by atoms with Crippen LogP contribution in [0.25, 0.3) is 5.65 Å². The van der Waals surface area contributed by atoms with E-state index in [-0.39, 0.29) is 0 Å². The summed E-state index contributed by atoms with van der Waals surface area (Å²) in [6, 6.07) is 2.78. The second kappa shape index (κ2) is 3.65. The van der Waals surface area contributed by atoms with Gasteiger partial charge in [-0.25, -0.2) is 4.52 Å². The third kappa shape index (κ3) is 1.46. The number of rotatable bonds is 2. The fourth-order valence-corrected chi connectivity index (χ4v) is 2.77. The maximum atomic E-state index is 4.69. The molecule has 2 aromatic heterocycles. The van der Waals surface area contributed by atoms with Crippen LogP contribution >= 0.6 is 0 Å². The van der Waals surface area contributed by atoms with Gasteiger partial charge in [-0.1, -0.05) is 12.8 Å². The van der Waals surface area contributed by atoms with Gasteiger partial charge in [0, 0.05) is 30.4 Å². The van der Waals surface area contributed by atoms with Crippen LogP contribution in [0.15, 0.2) is 18.5 Å². The van der Waals surface area contributed by atoms with Crippen molar-refractivity contribution < 1.29 is 0 Å². The number of imidazole rings is 1. The van der Waals surface area contributed by atoms with Crippen molar-refractivity contribution in [3.8, 4) is 0 Å². The van der Waals surface area contributed by atoms with Gasteiger partial charge in [0.25, 0.3) is 0 Å². The third-order valence-corrected chi connectivity index (χ3v) is 3.70. The van der Waals surface area contributed by atoms with Crippen LogP contribution in [0.4, 0.5) is 0 Å². The molecule has 3 heteroatoms. The predicted molar refractivity (Wildman–Crippen MR) is 64.8 cm³/mol. The van der Waals surface area contributed by atoms with Crippen molar-refractivity contribution in [2.75, 3.05) is 0 Å². The Hall–Kier alpha value is -1.25. The van der Waals surface area contributed by atoms with Gasteiger partial charge in [0.05, 0.1) is 5.69 Å². The molecule has 0 N–H and O–H groups in total. The standard InChI is InChI=1S/C13H19N3/c1-10(2)15-7-8-16-13(15)9-12(14-16)11-5-3-4-6-11/h7-11H,3-6H2,1-2H3. The first-order valence-corrected chi connectivity index (χ1v) is 6.32. The summed E-state index contributed by atoms with van der Waals surface area (Å²) in [7, 11) is 0. The molecule has 1 saturated carbocycles. The van der Waals surface area contributed by atoms with Crippen LogP contribution in [-0.2, 0) is 0 Å². The zero-order valence-corrected chi connectivity index (χ0v) is 10.1. The minimum atomic E-state index is 0.505. The third-order valence-electron chi connectivity index (χ3n) is 3.70. The van der Waals surface area contributed by atoms with Gasteiger partial charge in [0.2, 0.25) is 0 Å². The maximum absolute atomic E-state index is 4.69. The maximum Gasteiger partial charge on any atom is 0.136 e. The Labute approximate surface area is 96.1 Å². The number of hydrogen-bond acceptors (Lipinski definition) is 1. The lowest BCUT2D eigenvalue weighted by Crippen LogP contribution is -1.98. The van der Waals surface area contributed by atoms with Crippen LogP contribution in [0.3, 0.4) is 0 Å². The number of fused-ring (bicyclic) bond motifs is 1. The topological polar surface area (TPSA) is 22.2 Å². The molecule has 0 bridgehead atoms. The Kier molecular flexibility index (Phi) is 2.27. The molecule has 0 unspecified atom stereocenters. The van der Waals surface area contributed by atoms with Gasteiger partial charge in [-0.2, -0.15) is 5.10 Å². The Morgan fingerprint density at radius 1 is 1.25 bits per heavy atom. The lowest BCUT2D eigenvalue weighted by Gasteiger charge is -2.06. The van der Waals surface area contributed by atoms with Crippen LogP contribution in [0.5, 0.6) is 0 Å². The number of hydrogen-bond donors (Lipinski definition) is 0. The van der Waals surface area contributed by atoms with Crippen LogP contribution in [0, 0.1) is 0 Å². The zero-order chi connectivity index (χ0) is 11.1. The summed E-state index contributed by atoms with van der Waals surface area (Å²) in [6.07, 6.45) is 9.57. The van der Waals surface area contributed by atoms with Gasteiger partial charge in [0.1, 0.15) is 5.65 Å². The Morgan fingerprint density at radius 2 is 2.00 bits per heavy atom. The highest BCUT2D eigenvalue weighted by molar-refractivity contribution is 5.42. The monoisotopic (exact) mass is 217 g/mol. The molecular weight excluding hydrogens is 198 g/mol. The van der Waals surface area contributed by atoms with E-state index in [1.165, 1.54) is 37.0 Å². The molecule has 0 amide bonds. The molecule has 0 saturated heterocycles. The minimum absolute atomic E-state index is 0.505. The molecule has 0 atom stereocenters. The summed E-state index contributed by atoms with van der Waals surface area (Å²) < 4.78 is 4.30. The van der Waals surface area contributed by atoms with Crippen LogP contribution in [-0.4, -0.2) is 14.2 Å². The highest BCUT2D eigenvalue weighted by atomic mass is 15.3. The summed E-state index contributed by atoms with van der Waals surface area (Å²) in [5, 5.41) is 4.69. The molecule has 3 nitrogen and oxygen atoms in total. The van der Waals surface area contributed by atoms with Gasteiger partial charge in [-0.3, -0.25) is 0 Å². The van der Waals surface area contributed by atoms with Crippen molar-refractivity contribution in [2.45, 2.75) is 51.5 Å². The van der Waals surface area contributed by atoms with Gasteiger partial charge in [-0.05, 0) is 26.7 Å². The Bertz CT molecular complexity index is 486. The molecule has 1 fully saturated rings. The largest absolute Gasteiger partial charge is 0.329 e. The zero-order valence-electron chi connectivity index (χ0n) is 10.1. The smallest absolute Gasteiger partial charge is 0.136 e. The predicted octanol–water partition coefficient (Wildman–Crippen LogP) is 3.37. The molecule has 1 aliphatic rings. The van der Waals surface area contributed by atoms with Crippen LogP contribution in [0.1, 0.15) is 57.2 Å². The molecule has 2 aromatic rings. The van der Waals surface area contributed by atoms with E-state index in [0.29, 0.717) is 12.0 Å². The van der Waals surface area contributed by atoms with Crippen LogP contribution < -0.4 is 0 Å². The summed E-state index contributed by atoms with van der Waals surface area (Å²) in [6.45, 7) is 4.42. The van der Waals surface area contributed by atoms with E-state index in [9.17, 15) is 0 Å². The molecule has 0 aliphatic heterocycles. The summed E-state index contributed by atoms with van der Waals surface area (Å²) in [5.41, 5.74) is 2.53. The van der Waals surface area contributed by atoms with Gasteiger partial charge < -0.3 is 4.57 Å². The summed E-state index contributed by atoms with van der Waals surface area (Å²) in [4.78, 5) is 0. The van der Waals surface area contributed by atoms with Gasteiger partial charge >= 0.3 is 0 Å². The normalized spacial score (nSPS) is 17.9. The second-order valence-corrected chi connectivity index (χ2v) is 5.15. The SMILES string of the molecule is CC(C)n1ccn2nc(C3CCCC3)cc12. The number of aromatic nitrogens is 3. The van der Waals surface area contributed by atoms with Crippen LogP contribution in [0.2, 0.25) is 0 Å². The van der Waals surface area contributed by atoms with E-state index in [4.69, 9.17) is 5.10 Å². The highest BCUT2D eigenvalue weighted by Crippen LogP contribution is 2.33. The molecule has 86 valence electrons. The number of nitrogens with zero attached hydrogens (tertiary/aromatic N) is 3. The quantitative estimate of drug-likeness (QED) is 0.756. The lowest BCUT2D eigenvalue weighted by molar-refractivity contribution is 0.619. The van der Waals surface area contributed by atoms with E-state index < -0.39 is 0 Å². The van der Waals surface area contributed by atoms with E-state index >= 15 is 0 Å². The van der Waals surface area contributed by atoms with Gasteiger partial charge in [0.15, 0.2) is 0 Å². The summed E-state index contributed by atoms with van der Waals surface area (Å²) in [5.74, 6) is 0.709.